The van der Waals surface area contributed by atoms with Crippen LogP contribution in [0.5, 0.6) is 5.75 Å². The van der Waals surface area contributed by atoms with Gasteiger partial charge in [-0.2, -0.15) is 0 Å². The Morgan fingerprint density at radius 3 is 2.50 bits per heavy atom. The van der Waals surface area contributed by atoms with Crippen LogP contribution in [0.3, 0.4) is 0 Å². The molecule has 0 aliphatic rings. The lowest BCUT2D eigenvalue weighted by Gasteiger charge is -2.09. The molecule has 0 saturated heterocycles. The molecule has 0 bridgehead atoms. The first-order valence-corrected chi connectivity index (χ1v) is 7.16. The molecule has 0 spiro atoms. The van der Waals surface area contributed by atoms with E-state index >= 15 is 0 Å². The summed E-state index contributed by atoms with van der Waals surface area (Å²) in [5, 5.41) is 8.10. The van der Waals surface area contributed by atoms with Crippen molar-refractivity contribution in [2.24, 2.45) is 0 Å². The second-order valence-electron chi connectivity index (χ2n) is 5.13. The number of anilines is 1. The fourth-order valence-corrected chi connectivity index (χ4v) is 2.18. The van der Waals surface area contributed by atoms with E-state index in [-0.39, 0.29) is 0 Å². The zero-order valence-electron chi connectivity index (χ0n) is 12.4. The predicted molar refractivity (Wildman–Crippen MR) is 86.5 cm³/mol. The van der Waals surface area contributed by atoms with Crippen molar-refractivity contribution in [2.45, 2.75) is 13.5 Å². The second-order valence-corrected chi connectivity index (χ2v) is 5.13. The Bertz CT molecular complexity index is 732. The summed E-state index contributed by atoms with van der Waals surface area (Å²) in [7, 11) is 0. The number of ether oxygens (including phenoxy) is 1. The van der Waals surface area contributed by atoms with E-state index in [1.54, 1.807) is 6.20 Å². The van der Waals surface area contributed by atoms with E-state index < -0.39 is 0 Å². The van der Waals surface area contributed by atoms with E-state index in [1.165, 1.54) is 5.56 Å². The first-order valence-electron chi connectivity index (χ1n) is 7.16. The SMILES string of the molecule is Cc1ccc(OCCn2nncc2-c2ccc(N)cc2)cc1. The molecule has 5 heteroatoms. The molecule has 3 aromatic rings. The van der Waals surface area contributed by atoms with E-state index in [1.807, 2.05) is 53.2 Å². The van der Waals surface area contributed by atoms with E-state index in [2.05, 4.69) is 17.2 Å². The summed E-state index contributed by atoms with van der Waals surface area (Å²) in [6.45, 7) is 3.22. The van der Waals surface area contributed by atoms with Crippen LogP contribution in [0.4, 0.5) is 5.69 Å². The lowest BCUT2D eigenvalue weighted by atomic mass is 10.1. The molecular weight excluding hydrogens is 276 g/mol. The molecule has 22 heavy (non-hydrogen) atoms. The largest absolute Gasteiger partial charge is 0.492 e. The number of nitrogen functional groups attached to an aromatic ring is 1. The van der Waals surface area contributed by atoms with Gasteiger partial charge in [0.1, 0.15) is 12.4 Å². The van der Waals surface area contributed by atoms with Gasteiger partial charge < -0.3 is 10.5 Å². The Hall–Kier alpha value is -2.82. The van der Waals surface area contributed by atoms with Crippen molar-refractivity contribution in [3.8, 4) is 17.0 Å². The van der Waals surface area contributed by atoms with E-state index in [9.17, 15) is 0 Å². The molecule has 0 unspecified atom stereocenters. The molecule has 0 radical (unpaired) electrons. The first-order chi connectivity index (χ1) is 10.7. The third kappa shape index (κ3) is 3.25. The molecular formula is C17H18N4O. The Kier molecular flexibility index (Phi) is 4.05. The third-order valence-corrected chi connectivity index (χ3v) is 3.42. The molecule has 5 nitrogen and oxygen atoms in total. The number of nitrogens with two attached hydrogens (primary N) is 1. The predicted octanol–water partition coefficient (Wildman–Crippen LogP) is 2.91. The number of hydrogen-bond acceptors (Lipinski definition) is 4. The maximum absolute atomic E-state index is 5.74. The molecule has 0 saturated carbocycles. The fourth-order valence-electron chi connectivity index (χ4n) is 2.18. The highest BCUT2D eigenvalue weighted by atomic mass is 16.5. The van der Waals surface area contributed by atoms with Gasteiger partial charge in [0.15, 0.2) is 0 Å². The average molecular weight is 294 g/mol. The zero-order valence-corrected chi connectivity index (χ0v) is 12.4. The molecule has 2 N–H and O–H groups in total. The van der Waals surface area contributed by atoms with E-state index in [0.29, 0.717) is 13.2 Å². The van der Waals surface area contributed by atoms with Gasteiger partial charge >= 0.3 is 0 Å². The molecule has 0 aliphatic heterocycles. The number of hydrogen-bond donors (Lipinski definition) is 1. The van der Waals surface area contributed by atoms with E-state index in [4.69, 9.17) is 10.5 Å². The van der Waals surface area contributed by atoms with Crippen molar-refractivity contribution in [1.29, 1.82) is 0 Å². The number of benzene rings is 2. The fraction of sp³-hybridized carbons (Fsp3) is 0.176. The van der Waals surface area contributed by atoms with Crippen molar-refractivity contribution >= 4 is 5.69 Å². The average Bonchev–Trinajstić information content (AvgIpc) is 2.98. The first kappa shape index (κ1) is 14.1. The summed E-state index contributed by atoms with van der Waals surface area (Å²) in [6.07, 6.45) is 1.75. The minimum atomic E-state index is 0.536. The third-order valence-electron chi connectivity index (χ3n) is 3.42. The van der Waals surface area contributed by atoms with Crippen molar-refractivity contribution in [2.75, 3.05) is 12.3 Å². The zero-order chi connectivity index (χ0) is 15.4. The lowest BCUT2D eigenvalue weighted by Crippen LogP contribution is -2.10. The highest BCUT2D eigenvalue weighted by molar-refractivity contribution is 5.61. The second kappa shape index (κ2) is 6.30. The molecule has 0 amide bonds. The lowest BCUT2D eigenvalue weighted by molar-refractivity contribution is 0.290. The van der Waals surface area contributed by atoms with Crippen molar-refractivity contribution < 1.29 is 4.74 Å². The van der Waals surface area contributed by atoms with Crippen LogP contribution in [0, 0.1) is 6.92 Å². The van der Waals surface area contributed by atoms with Crippen molar-refractivity contribution in [3.63, 3.8) is 0 Å². The maximum Gasteiger partial charge on any atom is 0.119 e. The summed E-state index contributed by atoms with van der Waals surface area (Å²) >= 11 is 0. The minimum Gasteiger partial charge on any atom is -0.492 e. The van der Waals surface area contributed by atoms with Gasteiger partial charge in [-0.15, -0.1) is 5.10 Å². The van der Waals surface area contributed by atoms with Crippen LogP contribution in [0.1, 0.15) is 5.56 Å². The summed E-state index contributed by atoms with van der Waals surface area (Å²) in [4.78, 5) is 0. The monoisotopic (exact) mass is 294 g/mol. The topological polar surface area (TPSA) is 66.0 Å². The van der Waals surface area contributed by atoms with Gasteiger partial charge in [-0.25, -0.2) is 4.68 Å². The number of aryl methyl sites for hydroxylation is 1. The normalized spacial score (nSPS) is 10.6. The summed E-state index contributed by atoms with van der Waals surface area (Å²) in [5.41, 5.74) is 9.66. The smallest absolute Gasteiger partial charge is 0.119 e. The van der Waals surface area contributed by atoms with Crippen molar-refractivity contribution in [1.82, 2.24) is 15.0 Å². The van der Waals surface area contributed by atoms with Gasteiger partial charge in [0.05, 0.1) is 18.4 Å². The molecule has 0 aliphatic carbocycles. The Balaban J connectivity index is 1.65. The Morgan fingerprint density at radius 1 is 1.05 bits per heavy atom. The molecule has 112 valence electrons. The highest BCUT2D eigenvalue weighted by Crippen LogP contribution is 2.19. The molecule has 1 aromatic heterocycles. The number of nitrogens with zero attached hydrogens (tertiary/aromatic N) is 3. The van der Waals surface area contributed by atoms with E-state index in [0.717, 1.165) is 22.7 Å². The van der Waals surface area contributed by atoms with Crippen LogP contribution in [0.25, 0.3) is 11.3 Å². The van der Waals surface area contributed by atoms with Crippen LogP contribution in [-0.4, -0.2) is 21.6 Å². The van der Waals surface area contributed by atoms with Crippen LogP contribution < -0.4 is 10.5 Å². The van der Waals surface area contributed by atoms with Gasteiger partial charge in [-0.05, 0) is 31.2 Å². The standard InChI is InChI=1S/C17H18N4O/c1-13-2-8-16(9-3-13)22-11-10-21-17(12-19-20-21)14-4-6-15(18)7-5-14/h2-9,12H,10-11,18H2,1H3. The summed E-state index contributed by atoms with van der Waals surface area (Å²) in [6, 6.07) is 15.7. The molecule has 2 aromatic carbocycles. The van der Waals surface area contributed by atoms with Crippen LogP contribution in [0.2, 0.25) is 0 Å². The van der Waals surface area contributed by atoms with Gasteiger partial charge in [0.25, 0.3) is 0 Å². The quantitative estimate of drug-likeness (QED) is 0.735. The number of aromatic nitrogens is 3. The summed E-state index contributed by atoms with van der Waals surface area (Å²) < 4.78 is 7.57. The van der Waals surface area contributed by atoms with Crippen LogP contribution in [0.15, 0.2) is 54.7 Å². The van der Waals surface area contributed by atoms with Crippen molar-refractivity contribution in [3.05, 3.63) is 60.3 Å². The van der Waals surface area contributed by atoms with Gasteiger partial charge in [0, 0.05) is 11.3 Å². The van der Waals surface area contributed by atoms with Crippen LogP contribution >= 0.6 is 0 Å². The molecule has 3 rings (SSSR count). The number of rotatable bonds is 5. The van der Waals surface area contributed by atoms with Crippen LogP contribution in [-0.2, 0) is 6.54 Å². The van der Waals surface area contributed by atoms with Gasteiger partial charge in [-0.3, -0.25) is 0 Å². The Labute approximate surface area is 129 Å². The minimum absolute atomic E-state index is 0.536. The summed E-state index contributed by atoms with van der Waals surface area (Å²) in [5.74, 6) is 0.861. The molecule has 0 fully saturated rings. The van der Waals surface area contributed by atoms with Gasteiger partial charge in [-0.1, -0.05) is 35.0 Å². The molecule has 1 heterocycles. The molecule has 0 atom stereocenters. The Morgan fingerprint density at radius 2 is 1.77 bits per heavy atom. The highest BCUT2D eigenvalue weighted by Gasteiger charge is 2.06. The maximum atomic E-state index is 5.74. The van der Waals surface area contributed by atoms with Gasteiger partial charge in [0.2, 0.25) is 0 Å².